The number of carbonyl (C=O) groups is 4. The van der Waals surface area contributed by atoms with Crippen LogP contribution in [0, 0.1) is 109 Å². The zero-order valence-electron chi connectivity index (χ0n) is 70.3. The van der Waals surface area contributed by atoms with E-state index in [1.165, 1.54) is 211 Å². The normalized spacial score (nSPS) is 40.2. The predicted molar refractivity (Wildman–Crippen MR) is 421 cm³/mol. The van der Waals surface area contributed by atoms with E-state index < -0.39 is 0 Å². The van der Waals surface area contributed by atoms with E-state index in [2.05, 4.69) is 125 Å². The van der Waals surface area contributed by atoms with Gasteiger partial charge in [0.15, 0.2) is 0 Å². The standard InChI is InChI=1S/C16H28O2.C16H30O.2C15H26O2.C15H24O2.C15H28O/c1-4-5-6-8-16(3)9-7-13-12(2)10-15(17)18-14(13)11-16;1-4-5-6-9-16(3)10-7-14-13(2)8-11-17-15(14)12-16;3*1-5-11(6-2)15(4)8-7-12-10(3)14(16)17-13(12)9-15;1-4-5-6-8-15(3)9-7-13-12(2)11-16-14(13)10-15/h12-14H,4-11H2,1-3H3;13-15H,4-12H2,1-3H3;2*10-13H,5-9H2,1-4H3;11,13H,5-9H2,1-4H3;12-14H,4-11H2,1-3H3/t;;10?,12-,13?,15?;;;12?,13-,14?,15?/m..0..0/s1. The van der Waals surface area contributed by atoms with Crippen LogP contribution in [0.2, 0.25) is 0 Å². The molecule has 20 unspecified atom stereocenters. The number of rotatable bonds is 21. The summed E-state index contributed by atoms with van der Waals surface area (Å²) in [6.07, 6.45) is 50.0. The van der Waals surface area contributed by atoms with Crippen LogP contribution in [0.3, 0.4) is 0 Å². The fourth-order valence-electron chi connectivity index (χ4n) is 23.6. The van der Waals surface area contributed by atoms with E-state index in [-0.39, 0.29) is 60.1 Å². The quantitative estimate of drug-likeness (QED) is 0.0623. The molecule has 12 aliphatic rings. The Morgan fingerprint density at radius 2 is 0.775 bits per heavy atom. The second-order valence-electron chi connectivity index (χ2n) is 38.8. The van der Waals surface area contributed by atoms with Gasteiger partial charge in [-0.2, -0.15) is 0 Å². The zero-order valence-corrected chi connectivity index (χ0v) is 70.3. The Morgan fingerprint density at radius 1 is 0.392 bits per heavy atom. The molecule has 590 valence electrons. The molecule has 0 aromatic carbocycles. The molecule has 6 saturated carbocycles. The highest BCUT2D eigenvalue weighted by Gasteiger charge is 2.53. The van der Waals surface area contributed by atoms with Crippen molar-refractivity contribution in [3.63, 3.8) is 0 Å². The highest BCUT2D eigenvalue weighted by molar-refractivity contribution is 5.91. The lowest BCUT2D eigenvalue weighted by molar-refractivity contribution is -0.170. The van der Waals surface area contributed by atoms with Crippen molar-refractivity contribution in [2.24, 2.45) is 109 Å². The molecule has 10 nitrogen and oxygen atoms in total. The van der Waals surface area contributed by atoms with Crippen LogP contribution in [-0.2, 0) is 47.6 Å². The molecule has 12 rings (SSSR count). The molecule has 6 heterocycles. The lowest BCUT2D eigenvalue weighted by Crippen LogP contribution is -2.45. The SMILES string of the molecule is CCC(CC)C1(C)CCC2=C(C)C(=O)OC2C1.CCC(CC)C1(C)CCC2C(C1)OC(=O)C2C.CCC(CC)C1(C)CC[C@@H]2C(C1)OC(=O)C2C.CCCCCC1(C)CCC2C(C)CC(=O)OC2C1.CCCCCC1(C)CCC2C(C)CCOC2C1.CCCCCC1(C)CC[C@H]2C(C)COC2C1. The number of hydrogen-bond acceptors (Lipinski definition) is 10. The van der Waals surface area contributed by atoms with Crippen LogP contribution in [0.1, 0.15) is 389 Å². The molecular formula is C92H162O10. The van der Waals surface area contributed by atoms with Crippen LogP contribution in [0.5, 0.6) is 0 Å². The van der Waals surface area contributed by atoms with Gasteiger partial charge in [-0.05, 0) is 240 Å². The molecule has 0 spiro atoms. The Hall–Kier alpha value is -2.46. The van der Waals surface area contributed by atoms with E-state index in [4.69, 9.17) is 28.4 Å². The molecule has 0 amide bonds. The minimum Gasteiger partial charge on any atom is -0.462 e. The minimum absolute atomic E-state index is 0.0292. The van der Waals surface area contributed by atoms with Crippen molar-refractivity contribution in [2.75, 3.05) is 13.2 Å². The van der Waals surface area contributed by atoms with Gasteiger partial charge < -0.3 is 28.4 Å². The number of hydrogen-bond donors (Lipinski definition) is 0. The first-order valence-electron chi connectivity index (χ1n) is 44.1. The average molecular weight is 1430 g/mol. The summed E-state index contributed by atoms with van der Waals surface area (Å²) in [6.45, 7) is 50.1. The topological polar surface area (TPSA) is 124 Å². The van der Waals surface area contributed by atoms with E-state index in [0.717, 1.165) is 92.3 Å². The number of esters is 4. The fourth-order valence-corrected chi connectivity index (χ4v) is 23.6. The lowest BCUT2D eigenvalue weighted by atomic mass is 9.61. The van der Waals surface area contributed by atoms with E-state index in [1.807, 2.05) is 20.8 Å². The number of carbonyl (C=O) groups excluding carboxylic acids is 4. The molecule has 0 aromatic heterocycles. The molecule has 0 radical (unpaired) electrons. The van der Waals surface area contributed by atoms with E-state index in [9.17, 15) is 19.2 Å². The Balaban J connectivity index is 0.000000172. The molecule has 6 aliphatic heterocycles. The van der Waals surface area contributed by atoms with Crippen LogP contribution in [-0.4, -0.2) is 73.7 Å². The molecular weight excluding hydrogens is 1270 g/mol. The monoisotopic (exact) mass is 1430 g/mol. The zero-order chi connectivity index (χ0) is 75.0. The van der Waals surface area contributed by atoms with Gasteiger partial charge in [0.25, 0.3) is 0 Å². The minimum atomic E-state index is -0.0844. The van der Waals surface area contributed by atoms with Gasteiger partial charge in [0.1, 0.15) is 24.4 Å². The van der Waals surface area contributed by atoms with E-state index in [0.29, 0.717) is 74.8 Å². The first kappa shape index (κ1) is 86.8. The molecule has 22 atom stereocenters. The summed E-state index contributed by atoms with van der Waals surface area (Å²) in [5.41, 5.74) is 4.84. The van der Waals surface area contributed by atoms with Crippen molar-refractivity contribution in [1.29, 1.82) is 0 Å². The first-order chi connectivity index (χ1) is 48.4. The van der Waals surface area contributed by atoms with Crippen LogP contribution < -0.4 is 0 Å². The highest BCUT2D eigenvalue weighted by atomic mass is 16.6. The summed E-state index contributed by atoms with van der Waals surface area (Å²) < 4.78 is 34.3. The van der Waals surface area contributed by atoms with Gasteiger partial charge >= 0.3 is 23.9 Å². The van der Waals surface area contributed by atoms with Gasteiger partial charge in [-0.3, -0.25) is 14.4 Å². The summed E-state index contributed by atoms with van der Waals surface area (Å²) in [5, 5.41) is 0. The summed E-state index contributed by atoms with van der Waals surface area (Å²) in [4.78, 5) is 46.4. The van der Waals surface area contributed by atoms with Gasteiger partial charge in [-0.15, -0.1) is 0 Å². The Morgan fingerprint density at radius 3 is 1.21 bits per heavy atom. The van der Waals surface area contributed by atoms with Crippen molar-refractivity contribution in [1.82, 2.24) is 0 Å². The van der Waals surface area contributed by atoms with Gasteiger partial charge in [0, 0.05) is 37.0 Å². The molecule has 11 fully saturated rings. The summed E-state index contributed by atoms with van der Waals surface area (Å²) >= 11 is 0. The maximum atomic E-state index is 11.6. The number of fused-ring (bicyclic) bond motifs is 6. The van der Waals surface area contributed by atoms with Gasteiger partial charge in [0.2, 0.25) is 0 Å². The maximum Gasteiger partial charge on any atom is 0.334 e. The average Bonchev–Trinajstić information content (AvgIpc) is 1.50. The Kier molecular flexibility index (Phi) is 33.4. The van der Waals surface area contributed by atoms with Crippen molar-refractivity contribution in [3.05, 3.63) is 11.1 Å². The number of ether oxygens (including phenoxy) is 6. The van der Waals surface area contributed by atoms with Crippen molar-refractivity contribution < 1.29 is 47.6 Å². The fraction of sp³-hybridized carbons (Fsp3) is 0.935. The van der Waals surface area contributed by atoms with Crippen molar-refractivity contribution in [2.45, 2.75) is 426 Å². The Labute approximate surface area is 628 Å². The summed E-state index contributed by atoms with van der Waals surface area (Å²) in [5.74, 6) is 8.16. The predicted octanol–water partition coefficient (Wildman–Crippen LogP) is 25.0. The molecule has 6 aliphatic carbocycles. The first-order valence-corrected chi connectivity index (χ1v) is 44.1. The smallest absolute Gasteiger partial charge is 0.334 e. The third kappa shape index (κ3) is 22.2. The Bertz CT molecular complexity index is 2540. The lowest BCUT2D eigenvalue weighted by Gasteiger charge is -2.47. The van der Waals surface area contributed by atoms with Gasteiger partial charge in [-0.25, -0.2) is 4.79 Å². The third-order valence-electron chi connectivity index (χ3n) is 31.3. The molecule has 0 aromatic rings. The molecule has 0 N–H and O–H groups in total. The molecule has 0 bridgehead atoms. The van der Waals surface area contributed by atoms with Gasteiger partial charge in [-0.1, -0.05) is 235 Å². The second kappa shape index (κ2) is 39.3. The van der Waals surface area contributed by atoms with Crippen molar-refractivity contribution >= 4 is 23.9 Å². The summed E-state index contributed by atoms with van der Waals surface area (Å²) in [7, 11) is 0. The summed E-state index contributed by atoms with van der Waals surface area (Å²) in [6, 6.07) is 0. The van der Waals surface area contributed by atoms with Gasteiger partial charge in [0.05, 0.1) is 24.0 Å². The van der Waals surface area contributed by atoms with Crippen LogP contribution in [0.25, 0.3) is 0 Å². The van der Waals surface area contributed by atoms with Crippen LogP contribution in [0.15, 0.2) is 11.1 Å². The second-order valence-corrected chi connectivity index (χ2v) is 38.8. The van der Waals surface area contributed by atoms with Crippen LogP contribution in [0.4, 0.5) is 0 Å². The molecule has 102 heavy (non-hydrogen) atoms. The molecule has 10 heteroatoms. The highest BCUT2D eigenvalue weighted by Crippen LogP contribution is 2.56. The third-order valence-corrected chi connectivity index (χ3v) is 31.3. The van der Waals surface area contributed by atoms with Crippen LogP contribution >= 0.6 is 0 Å². The van der Waals surface area contributed by atoms with E-state index in [1.54, 1.807) is 0 Å². The van der Waals surface area contributed by atoms with E-state index >= 15 is 0 Å². The largest absolute Gasteiger partial charge is 0.462 e. The molecule has 5 saturated heterocycles. The number of unbranched alkanes of at least 4 members (excludes halogenated alkanes) is 6. The van der Waals surface area contributed by atoms with Crippen molar-refractivity contribution in [3.8, 4) is 0 Å². The maximum absolute atomic E-state index is 11.6.